The Balaban J connectivity index is 1.44. The topological polar surface area (TPSA) is 60.9 Å². The first-order valence-electron chi connectivity index (χ1n) is 10.3. The molecule has 9 heteroatoms. The number of sulfonamides is 1. The number of aryl methyl sites for hydroxylation is 1. The Morgan fingerprint density at radius 1 is 1.00 bits per heavy atom. The van der Waals surface area contributed by atoms with Gasteiger partial charge in [-0.25, -0.2) is 8.42 Å². The van der Waals surface area contributed by atoms with E-state index in [1.165, 1.54) is 4.31 Å². The first kappa shape index (κ1) is 21.6. The van der Waals surface area contributed by atoms with Crippen LogP contribution in [0.2, 0.25) is 5.02 Å². The number of piperazine rings is 1. The first-order valence-corrected chi connectivity index (χ1v) is 12.9. The van der Waals surface area contributed by atoms with Gasteiger partial charge >= 0.3 is 0 Å². The summed E-state index contributed by atoms with van der Waals surface area (Å²) in [6, 6.07) is 7.32. The number of amides is 1. The third-order valence-corrected chi connectivity index (χ3v) is 9.36. The molecule has 6 nitrogen and oxygen atoms in total. The number of hydrogen-bond donors (Lipinski definition) is 0. The lowest BCUT2D eigenvalue weighted by Gasteiger charge is -2.36. The second kappa shape index (κ2) is 8.86. The molecule has 2 saturated heterocycles. The Labute approximate surface area is 187 Å². The highest BCUT2D eigenvalue weighted by molar-refractivity contribution is 7.91. The van der Waals surface area contributed by atoms with E-state index in [0.29, 0.717) is 36.8 Å². The molecule has 2 aliphatic rings. The standard InChI is InChI=1S/C21H26ClN3O3S2/c1-16-5-6-18(22)14-19(16)23-9-11-25(12-10-23)30(27,28)20-13-17(15-29-20)21(26)24-7-3-2-4-8-24/h5-6,13-15H,2-4,7-12H2,1H3. The summed E-state index contributed by atoms with van der Waals surface area (Å²) in [7, 11) is -3.60. The van der Waals surface area contributed by atoms with Crippen molar-refractivity contribution in [3.8, 4) is 0 Å². The van der Waals surface area contributed by atoms with Crippen LogP contribution in [0.4, 0.5) is 5.69 Å². The Morgan fingerprint density at radius 3 is 2.40 bits per heavy atom. The van der Waals surface area contributed by atoms with Crippen LogP contribution < -0.4 is 4.90 Å². The maximum absolute atomic E-state index is 13.1. The molecule has 2 aromatic rings. The average molecular weight is 468 g/mol. The lowest BCUT2D eigenvalue weighted by Crippen LogP contribution is -2.48. The monoisotopic (exact) mass is 467 g/mol. The molecule has 1 aromatic heterocycles. The largest absolute Gasteiger partial charge is 0.369 e. The summed E-state index contributed by atoms with van der Waals surface area (Å²) in [5, 5.41) is 2.35. The molecule has 0 N–H and O–H groups in total. The highest BCUT2D eigenvalue weighted by atomic mass is 35.5. The Kier molecular flexibility index (Phi) is 6.39. The molecule has 3 heterocycles. The number of carbonyl (C=O) groups is 1. The van der Waals surface area contributed by atoms with Gasteiger partial charge in [-0.1, -0.05) is 17.7 Å². The average Bonchev–Trinajstić information content (AvgIpc) is 3.27. The SMILES string of the molecule is Cc1ccc(Cl)cc1N1CCN(S(=O)(=O)c2cc(C(=O)N3CCCCC3)cs2)CC1. The minimum absolute atomic E-state index is 0.0614. The normalized spacial score (nSPS) is 18.6. The lowest BCUT2D eigenvalue weighted by atomic mass is 10.1. The van der Waals surface area contributed by atoms with Gasteiger partial charge in [-0.2, -0.15) is 4.31 Å². The lowest BCUT2D eigenvalue weighted by molar-refractivity contribution is 0.0725. The zero-order valence-corrected chi connectivity index (χ0v) is 19.4. The molecule has 0 atom stereocenters. The van der Waals surface area contributed by atoms with E-state index in [1.54, 1.807) is 11.4 Å². The molecule has 0 unspecified atom stereocenters. The van der Waals surface area contributed by atoms with Gasteiger partial charge in [0.25, 0.3) is 15.9 Å². The third kappa shape index (κ3) is 4.37. The van der Waals surface area contributed by atoms with Crippen molar-refractivity contribution in [3.63, 3.8) is 0 Å². The van der Waals surface area contributed by atoms with Crippen LogP contribution >= 0.6 is 22.9 Å². The van der Waals surface area contributed by atoms with Crippen LogP contribution in [-0.2, 0) is 10.0 Å². The predicted molar refractivity (Wildman–Crippen MR) is 121 cm³/mol. The van der Waals surface area contributed by atoms with Crippen molar-refractivity contribution in [2.24, 2.45) is 0 Å². The minimum Gasteiger partial charge on any atom is -0.369 e. The van der Waals surface area contributed by atoms with E-state index in [1.807, 2.05) is 30.0 Å². The van der Waals surface area contributed by atoms with E-state index in [4.69, 9.17) is 11.6 Å². The van der Waals surface area contributed by atoms with Gasteiger partial charge in [-0.05, 0) is 49.9 Å². The van der Waals surface area contributed by atoms with E-state index >= 15 is 0 Å². The summed E-state index contributed by atoms with van der Waals surface area (Å²) in [4.78, 5) is 16.7. The first-order chi connectivity index (χ1) is 14.4. The molecular weight excluding hydrogens is 442 g/mol. The summed E-state index contributed by atoms with van der Waals surface area (Å²) in [5.74, 6) is -0.0614. The van der Waals surface area contributed by atoms with Gasteiger partial charge in [0.05, 0.1) is 5.56 Å². The molecule has 0 spiro atoms. The number of hydrogen-bond acceptors (Lipinski definition) is 5. The molecule has 0 aliphatic carbocycles. The molecule has 0 radical (unpaired) electrons. The molecule has 1 amide bonds. The number of rotatable bonds is 4. The highest BCUT2D eigenvalue weighted by Gasteiger charge is 2.31. The second-order valence-corrected chi connectivity index (χ2v) is 11.3. The summed E-state index contributed by atoms with van der Waals surface area (Å²) in [5.41, 5.74) is 2.65. The van der Waals surface area contributed by atoms with Gasteiger partial charge in [0.15, 0.2) is 0 Å². The van der Waals surface area contributed by atoms with Crippen LogP contribution in [0.25, 0.3) is 0 Å². The number of anilines is 1. The second-order valence-electron chi connectivity index (χ2n) is 7.83. The Bertz CT molecular complexity index is 1020. The van der Waals surface area contributed by atoms with Crippen molar-refractivity contribution in [2.45, 2.75) is 30.4 Å². The van der Waals surface area contributed by atoms with Gasteiger partial charge in [0, 0.05) is 55.4 Å². The molecule has 162 valence electrons. The van der Waals surface area contributed by atoms with Gasteiger partial charge in [-0.15, -0.1) is 11.3 Å². The summed E-state index contributed by atoms with van der Waals surface area (Å²) in [6.07, 6.45) is 3.17. The number of benzene rings is 1. The Hall–Kier alpha value is -1.61. The van der Waals surface area contributed by atoms with E-state index < -0.39 is 10.0 Å². The van der Waals surface area contributed by atoms with Crippen molar-refractivity contribution in [3.05, 3.63) is 45.8 Å². The summed E-state index contributed by atoms with van der Waals surface area (Å²) in [6.45, 7) is 5.55. The van der Waals surface area contributed by atoms with Crippen molar-refractivity contribution < 1.29 is 13.2 Å². The zero-order valence-electron chi connectivity index (χ0n) is 17.0. The van der Waals surface area contributed by atoms with Crippen LogP contribution in [0, 0.1) is 6.92 Å². The molecular formula is C21H26ClN3O3S2. The van der Waals surface area contributed by atoms with Gasteiger partial charge in [-0.3, -0.25) is 4.79 Å². The van der Waals surface area contributed by atoms with Crippen molar-refractivity contribution >= 4 is 44.6 Å². The van der Waals surface area contributed by atoms with Crippen LogP contribution in [0.5, 0.6) is 0 Å². The van der Waals surface area contributed by atoms with Crippen LogP contribution in [0.15, 0.2) is 33.9 Å². The molecule has 2 aliphatic heterocycles. The maximum Gasteiger partial charge on any atom is 0.254 e. The molecule has 1 aromatic carbocycles. The van der Waals surface area contributed by atoms with Gasteiger partial charge < -0.3 is 9.80 Å². The van der Waals surface area contributed by atoms with Crippen LogP contribution in [0.1, 0.15) is 35.2 Å². The summed E-state index contributed by atoms with van der Waals surface area (Å²) >= 11 is 7.27. The smallest absolute Gasteiger partial charge is 0.254 e. The molecule has 0 saturated carbocycles. The van der Waals surface area contributed by atoms with Crippen LogP contribution in [-0.4, -0.2) is 62.8 Å². The van der Waals surface area contributed by atoms with E-state index in [2.05, 4.69) is 4.90 Å². The maximum atomic E-state index is 13.1. The molecule has 4 rings (SSSR count). The van der Waals surface area contributed by atoms with Gasteiger partial charge in [0.1, 0.15) is 4.21 Å². The van der Waals surface area contributed by atoms with Crippen LogP contribution in [0.3, 0.4) is 0 Å². The highest BCUT2D eigenvalue weighted by Crippen LogP contribution is 2.29. The number of likely N-dealkylation sites (tertiary alicyclic amines) is 1. The fourth-order valence-electron chi connectivity index (χ4n) is 4.06. The van der Waals surface area contributed by atoms with E-state index in [-0.39, 0.29) is 10.1 Å². The predicted octanol–water partition coefficient (Wildman–Crippen LogP) is 3.85. The number of thiophene rings is 1. The van der Waals surface area contributed by atoms with Crippen molar-refractivity contribution in [2.75, 3.05) is 44.2 Å². The van der Waals surface area contributed by atoms with Gasteiger partial charge in [0.2, 0.25) is 0 Å². The zero-order chi connectivity index (χ0) is 21.3. The van der Waals surface area contributed by atoms with Crippen molar-refractivity contribution in [1.29, 1.82) is 0 Å². The molecule has 0 bridgehead atoms. The number of halogens is 1. The number of nitrogens with zero attached hydrogens (tertiary/aromatic N) is 3. The fraction of sp³-hybridized carbons (Fsp3) is 0.476. The summed E-state index contributed by atoms with van der Waals surface area (Å²) < 4.78 is 28.0. The van der Waals surface area contributed by atoms with E-state index in [9.17, 15) is 13.2 Å². The molecule has 30 heavy (non-hydrogen) atoms. The third-order valence-electron chi connectivity index (χ3n) is 5.81. The quantitative estimate of drug-likeness (QED) is 0.685. The van der Waals surface area contributed by atoms with Crippen molar-refractivity contribution in [1.82, 2.24) is 9.21 Å². The molecule has 2 fully saturated rings. The Morgan fingerprint density at radius 2 is 1.70 bits per heavy atom. The number of piperidine rings is 1. The van der Waals surface area contributed by atoms with E-state index in [0.717, 1.165) is 54.9 Å². The number of carbonyl (C=O) groups excluding carboxylic acids is 1. The minimum atomic E-state index is -3.60. The fourth-order valence-corrected chi connectivity index (χ4v) is 6.96.